The van der Waals surface area contributed by atoms with Gasteiger partial charge in [0.25, 0.3) is 0 Å². The monoisotopic (exact) mass is 325 g/mol. The molecule has 130 valence electrons. The van der Waals surface area contributed by atoms with Gasteiger partial charge in [-0.25, -0.2) is 0 Å². The van der Waals surface area contributed by atoms with Crippen molar-refractivity contribution in [3.63, 3.8) is 0 Å². The topological polar surface area (TPSA) is 44.8 Å². The summed E-state index contributed by atoms with van der Waals surface area (Å²) in [7, 11) is 1.66. The van der Waals surface area contributed by atoms with E-state index in [-0.39, 0.29) is 0 Å². The summed E-state index contributed by atoms with van der Waals surface area (Å²) in [6.45, 7) is 6.07. The van der Waals surface area contributed by atoms with Crippen LogP contribution in [-0.2, 0) is 9.53 Å². The number of nitrogens with one attached hydrogen (secondary N) is 1. The quantitative estimate of drug-likeness (QED) is 0.761. The number of rotatable bonds is 7. The van der Waals surface area contributed by atoms with Crippen molar-refractivity contribution in [3.05, 3.63) is 0 Å². The molecule has 0 unspecified atom stereocenters. The Morgan fingerprint density at radius 3 is 2.64 bits per heavy atom. The second kappa shape index (κ2) is 8.69. The van der Waals surface area contributed by atoms with Crippen LogP contribution >= 0.6 is 0 Å². The van der Waals surface area contributed by atoms with Gasteiger partial charge in [-0.1, -0.05) is 6.92 Å². The van der Waals surface area contributed by atoms with Crippen molar-refractivity contribution >= 4 is 5.91 Å². The van der Waals surface area contributed by atoms with Gasteiger partial charge in [-0.3, -0.25) is 14.6 Å². The predicted octanol–water partition coefficient (Wildman–Crippen LogP) is 1.10. The standard InChI is InChI=1S/C14H26F3N3O2/c1-4-12-9-20(6-5-19(12)7-8-22-3)11(2)13(21)18-10-14(15,16)17/h11-12H,4-10H2,1-3H3,(H,18,21)/t11-,12-/m1/s1. The van der Waals surface area contributed by atoms with Gasteiger partial charge in [0.05, 0.1) is 12.6 Å². The first-order valence-electron chi connectivity index (χ1n) is 7.60. The van der Waals surface area contributed by atoms with E-state index in [9.17, 15) is 18.0 Å². The van der Waals surface area contributed by atoms with Crippen LogP contribution in [0.2, 0.25) is 0 Å². The third-order valence-electron chi connectivity index (χ3n) is 4.08. The summed E-state index contributed by atoms with van der Waals surface area (Å²) in [5.74, 6) is -0.572. The zero-order valence-corrected chi connectivity index (χ0v) is 13.4. The lowest BCUT2D eigenvalue weighted by Gasteiger charge is -2.43. The van der Waals surface area contributed by atoms with Crippen molar-refractivity contribution in [2.24, 2.45) is 0 Å². The molecule has 1 aliphatic rings. The fourth-order valence-corrected chi connectivity index (χ4v) is 2.66. The molecule has 0 aromatic heterocycles. The van der Waals surface area contributed by atoms with Crippen molar-refractivity contribution < 1.29 is 22.7 Å². The van der Waals surface area contributed by atoms with E-state index in [1.165, 1.54) is 0 Å². The van der Waals surface area contributed by atoms with Crippen molar-refractivity contribution in [1.82, 2.24) is 15.1 Å². The Bertz CT molecular complexity index is 353. The summed E-state index contributed by atoms with van der Waals surface area (Å²) in [5, 5.41) is 1.96. The lowest BCUT2D eigenvalue weighted by molar-refractivity contribution is -0.142. The fourth-order valence-electron chi connectivity index (χ4n) is 2.66. The molecule has 0 bridgehead atoms. The maximum Gasteiger partial charge on any atom is 0.405 e. The predicted molar refractivity (Wildman–Crippen MR) is 77.6 cm³/mol. The van der Waals surface area contributed by atoms with Crippen LogP contribution in [0.4, 0.5) is 13.2 Å². The first-order valence-corrected chi connectivity index (χ1v) is 7.60. The van der Waals surface area contributed by atoms with Gasteiger partial charge in [0.1, 0.15) is 6.54 Å². The highest BCUT2D eigenvalue weighted by molar-refractivity contribution is 5.81. The molecule has 5 nitrogen and oxygen atoms in total. The molecule has 2 atom stereocenters. The lowest BCUT2D eigenvalue weighted by Crippen LogP contribution is -2.58. The third kappa shape index (κ3) is 6.10. The number of piperazine rings is 1. The van der Waals surface area contributed by atoms with Crippen LogP contribution in [0.15, 0.2) is 0 Å². The van der Waals surface area contributed by atoms with Crippen LogP contribution in [0, 0.1) is 0 Å². The minimum atomic E-state index is -4.37. The molecule has 0 radical (unpaired) electrons. The van der Waals surface area contributed by atoms with Gasteiger partial charge >= 0.3 is 6.18 Å². The first-order chi connectivity index (χ1) is 10.3. The molecule has 1 amide bonds. The molecule has 1 heterocycles. The summed E-state index contributed by atoms with van der Waals surface area (Å²) in [4.78, 5) is 16.1. The van der Waals surface area contributed by atoms with E-state index in [1.807, 2.05) is 10.2 Å². The summed E-state index contributed by atoms with van der Waals surface area (Å²) in [6.07, 6.45) is -3.45. The molecule has 8 heteroatoms. The zero-order chi connectivity index (χ0) is 16.8. The summed E-state index contributed by atoms with van der Waals surface area (Å²) >= 11 is 0. The minimum Gasteiger partial charge on any atom is -0.383 e. The van der Waals surface area contributed by atoms with E-state index in [4.69, 9.17) is 4.74 Å². The van der Waals surface area contributed by atoms with Gasteiger partial charge in [0.2, 0.25) is 5.91 Å². The van der Waals surface area contributed by atoms with Crippen LogP contribution in [0.3, 0.4) is 0 Å². The number of carbonyl (C=O) groups excluding carboxylic acids is 1. The number of halogens is 3. The molecule has 1 aliphatic heterocycles. The molecule has 22 heavy (non-hydrogen) atoms. The van der Waals surface area contributed by atoms with Crippen molar-refractivity contribution in [3.8, 4) is 0 Å². The molecular formula is C14H26F3N3O2. The van der Waals surface area contributed by atoms with E-state index < -0.39 is 24.7 Å². The number of hydrogen-bond acceptors (Lipinski definition) is 4. The maximum atomic E-state index is 12.2. The summed E-state index contributed by atoms with van der Waals surface area (Å²) < 4.78 is 41.6. The van der Waals surface area contributed by atoms with Crippen LogP contribution in [0.25, 0.3) is 0 Å². The van der Waals surface area contributed by atoms with Crippen LogP contribution in [0.1, 0.15) is 20.3 Å². The molecule has 1 rings (SSSR count). The molecule has 0 saturated carbocycles. The molecule has 0 spiro atoms. The highest BCUT2D eigenvalue weighted by Gasteiger charge is 2.33. The minimum absolute atomic E-state index is 0.293. The van der Waals surface area contributed by atoms with Crippen molar-refractivity contribution in [2.75, 3.05) is 46.4 Å². The van der Waals surface area contributed by atoms with E-state index in [0.29, 0.717) is 25.7 Å². The number of alkyl halides is 3. The molecular weight excluding hydrogens is 299 g/mol. The highest BCUT2D eigenvalue weighted by Crippen LogP contribution is 2.16. The van der Waals surface area contributed by atoms with Crippen molar-refractivity contribution in [1.29, 1.82) is 0 Å². The first kappa shape index (κ1) is 19.2. The van der Waals surface area contributed by atoms with E-state index in [1.54, 1.807) is 14.0 Å². The third-order valence-corrected chi connectivity index (χ3v) is 4.08. The largest absolute Gasteiger partial charge is 0.405 e. The molecule has 1 saturated heterocycles. The fraction of sp³-hybridized carbons (Fsp3) is 0.929. The van der Waals surface area contributed by atoms with Gasteiger partial charge < -0.3 is 10.1 Å². The average molecular weight is 325 g/mol. The summed E-state index contributed by atoms with van der Waals surface area (Å²) in [6, 6.07) is -0.261. The Hall–Kier alpha value is -0.860. The normalized spacial score (nSPS) is 22.5. The Morgan fingerprint density at radius 2 is 2.09 bits per heavy atom. The van der Waals surface area contributed by atoms with Crippen LogP contribution in [-0.4, -0.2) is 80.4 Å². The highest BCUT2D eigenvalue weighted by atomic mass is 19.4. The Kier molecular flexibility index (Phi) is 7.58. The van der Waals surface area contributed by atoms with Gasteiger partial charge in [0.15, 0.2) is 0 Å². The van der Waals surface area contributed by atoms with E-state index >= 15 is 0 Å². The number of amides is 1. The van der Waals surface area contributed by atoms with Crippen LogP contribution < -0.4 is 5.32 Å². The maximum absolute atomic E-state index is 12.2. The van der Waals surface area contributed by atoms with Gasteiger partial charge in [0, 0.05) is 39.3 Å². The second-order valence-electron chi connectivity index (χ2n) is 5.59. The van der Waals surface area contributed by atoms with Gasteiger partial charge in [-0.05, 0) is 13.3 Å². The smallest absolute Gasteiger partial charge is 0.383 e. The Morgan fingerprint density at radius 1 is 1.41 bits per heavy atom. The zero-order valence-electron chi connectivity index (χ0n) is 13.4. The Balaban J connectivity index is 2.50. The van der Waals surface area contributed by atoms with Crippen LogP contribution in [0.5, 0.6) is 0 Å². The summed E-state index contributed by atoms with van der Waals surface area (Å²) in [5.41, 5.74) is 0. The number of ether oxygens (including phenoxy) is 1. The molecule has 1 N–H and O–H groups in total. The molecule has 0 aliphatic carbocycles. The number of methoxy groups -OCH3 is 1. The lowest BCUT2D eigenvalue weighted by atomic mass is 10.1. The average Bonchev–Trinajstić information content (AvgIpc) is 2.48. The SMILES string of the molecule is CC[C@@H]1CN([C@H](C)C(=O)NCC(F)(F)F)CCN1CCOC. The van der Waals surface area contributed by atoms with Crippen molar-refractivity contribution in [2.45, 2.75) is 38.5 Å². The Labute approximate surface area is 129 Å². The number of nitrogens with zero attached hydrogens (tertiary/aromatic N) is 2. The van der Waals surface area contributed by atoms with E-state index in [0.717, 1.165) is 19.5 Å². The van der Waals surface area contributed by atoms with Gasteiger partial charge in [-0.2, -0.15) is 13.2 Å². The number of carbonyl (C=O) groups is 1. The second-order valence-corrected chi connectivity index (χ2v) is 5.59. The van der Waals surface area contributed by atoms with Gasteiger partial charge in [-0.15, -0.1) is 0 Å². The number of hydrogen-bond donors (Lipinski definition) is 1. The molecule has 0 aromatic carbocycles. The molecule has 0 aromatic rings. The molecule has 1 fully saturated rings. The van der Waals surface area contributed by atoms with E-state index in [2.05, 4.69) is 11.8 Å².